The van der Waals surface area contributed by atoms with Crippen LogP contribution in [0, 0.1) is 6.92 Å². The molecule has 2 rings (SSSR count). The van der Waals surface area contributed by atoms with Gasteiger partial charge in [-0.15, -0.1) is 0 Å². The van der Waals surface area contributed by atoms with Gasteiger partial charge in [-0.05, 0) is 20.8 Å². The summed E-state index contributed by atoms with van der Waals surface area (Å²) >= 11 is 1.06. The lowest BCUT2D eigenvalue weighted by Crippen LogP contribution is -2.25. The number of hydrogen-bond donors (Lipinski definition) is 2. The van der Waals surface area contributed by atoms with Crippen LogP contribution in [0.3, 0.4) is 0 Å². The van der Waals surface area contributed by atoms with Gasteiger partial charge in [-0.2, -0.15) is 5.10 Å². The van der Waals surface area contributed by atoms with Crippen LogP contribution < -0.4 is 5.73 Å². The van der Waals surface area contributed by atoms with Gasteiger partial charge in [0, 0.05) is 6.54 Å². The number of carbonyl (C=O) groups excluding carboxylic acids is 1. The van der Waals surface area contributed by atoms with Gasteiger partial charge in [-0.25, -0.2) is 9.67 Å². The van der Waals surface area contributed by atoms with Crippen molar-refractivity contribution in [3.8, 4) is 0 Å². The van der Waals surface area contributed by atoms with Gasteiger partial charge < -0.3 is 10.8 Å². The Bertz CT molecular complexity index is 705. The zero-order valence-corrected chi connectivity index (χ0v) is 12.8. The van der Waals surface area contributed by atoms with Crippen molar-refractivity contribution >= 4 is 34.8 Å². The quantitative estimate of drug-likeness (QED) is 0.762. The molecule has 1 unspecified atom stereocenters. The van der Waals surface area contributed by atoms with Crippen LogP contribution in [0.1, 0.15) is 25.6 Å². The monoisotopic (exact) mass is 311 g/mol. The Labute approximate surface area is 125 Å². The van der Waals surface area contributed by atoms with Gasteiger partial charge >= 0.3 is 5.97 Å². The molecule has 9 heteroatoms. The number of aliphatic carboxylic acids is 1. The molecule has 2 aromatic heterocycles. The molecule has 8 nitrogen and oxygen atoms in total. The van der Waals surface area contributed by atoms with E-state index < -0.39 is 17.9 Å². The van der Waals surface area contributed by atoms with E-state index in [0.717, 1.165) is 17.5 Å². The maximum absolute atomic E-state index is 11.6. The summed E-state index contributed by atoms with van der Waals surface area (Å²) in [6, 6.07) is -0.632. The third-order valence-electron chi connectivity index (χ3n) is 3.13. The highest BCUT2D eigenvalue weighted by molar-refractivity contribution is 7.99. The summed E-state index contributed by atoms with van der Waals surface area (Å²) in [7, 11) is 0. The molecular weight excluding hydrogens is 294 g/mol. The minimum absolute atomic E-state index is 0.135. The molecular formula is C12H17N5O3S. The van der Waals surface area contributed by atoms with Crippen LogP contribution in [0.15, 0.2) is 5.16 Å². The number of carbonyl (C=O) groups is 2. The molecule has 1 atom stereocenters. The van der Waals surface area contributed by atoms with Crippen molar-refractivity contribution in [2.45, 2.75) is 38.5 Å². The Balaban J connectivity index is 2.64. The van der Waals surface area contributed by atoms with Crippen molar-refractivity contribution in [3.05, 3.63) is 5.69 Å². The van der Waals surface area contributed by atoms with Crippen LogP contribution in [-0.2, 0) is 16.1 Å². The lowest BCUT2D eigenvalue weighted by atomic mass is 10.3. The van der Waals surface area contributed by atoms with Crippen molar-refractivity contribution in [1.82, 2.24) is 19.3 Å². The molecule has 21 heavy (non-hydrogen) atoms. The summed E-state index contributed by atoms with van der Waals surface area (Å²) in [4.78, 5) is 26.7. The molecule has 3 N–H and O–H groups in total. The molecule has 0 fully saturated rings. The Morgan fingerprint density at radius 3 is 2.67 bits per heavy atom. The van der Waals surface area contributed by atoms with Crippen molar-refractivity contribution in [3.63, 3.8) is 0 Å². The van der Waals surface area contributed by atoms with Gasteiger partial charge in [0.15, 0.2) is 10.8 Å². The topological polar surface area (TPSA) is 116 Å². The molecule has 2 heterocycles. The third-order valence-corrected chi connectivity index (χ3v) is 4.07. The molecule has 0 aliphatic heterocycles. The number of carboxylic acids is 1. The number of fused-ring (bicyclic) bond motifs is 1. The smallest absolute Gasteiger partial charge is 0.313 e. The molecule has 0 saturated heterocycles. The average Bonchev–Trinajstić information content (AvgIpc) is 2.93. The standard InChI is InChI=1S/C12H17N5O3S/c1-4-16-11-9(6(2)15-16)14-12(21-5-8(18)19)17(11)7(3)10(13)20/h7H,4-5H2,1-3H3,(H2,13,20)(H,18,19). The summed E-state index contributed by atoms with van der Waals surface area (Å²) in [6.45, 7) is 6.04. The maximum Gasteiger partial charge on any atom is 0.313 e. The van der Waals surface area contributed by atoms with E-state index in [1.807, 2.05) is 13.8 Å². The number of thioether (sulfide) groups is 1. The van der Waals surface area contributed by atoms with Gasteiger partial charge in [-0.1, -0.05) is 11.8 Å². The molecule has 0 bridgehead atoms. The second-order valence-corrected chi connectivity index (χ2v) is 5.54. The highest BCUT2D eigenvalue weighted by Crippen LogP contribution is 2.29. The minimum atomic E-state index is -0.945. The first kappa shape index (κ1) is 15.4. The van der Waals surface area contributed by atoms with Gasteiger partial charge in [0.25, 0.3) is 0 Å². The molecule has 114 valence electrons. The first-order chi connectivity index (χ1) is 9.86. The number of hydrogen-bond acceptors (Lipinski definition) is 5. The van der Waals surface area contributed by atoms with Crippen molar-refractivity contribution in [2.75, 3.05) is 5.75 Å². The molecule has 0 aromatic carbocycles. The van der Waals surface area contributed by atoms with E-state index in [1.54, 1.807) is 16.2 Å². The zero-order chi connectivity index (χ0) is 15.7. The van der Waals surface area contributed by atoms with Crippen LogP contribution in [-0.4, -0.2) is 42.1 Å². The van der Waals surface area contributed by atoms with E-state index in [-0.39, 0.29) is 5.75 Å². The highest BCUT2D eigenvalue weighted by Gasteiger charge is 2.24. The van der Waals surface area contributed by atoms with E-state index in [0.29, 0.717) is 22.9 Å². The summed E-state index contributed by atoms with van der Waals surface area (Å²) in [5.41, 5.74) is 7.49. The first-order valence-electron chi connectivity index (χ1n) is 6.46. The second kappa shape index (κ2) is 5.76. The summed E-state index contributed by atoms with van der Waals surface area (Å²) < 4.78 is 3.40. The Kier molecular flexibility index (Phi) is 4.21. The minimum Gasteiger partial charge on any atom is -0.481 e. The van der Waals surface area contributed by atoms with Crippen LogP contribution in [0.5, 0.6) is 0 Å². The molecule has 0 radical (unpaired) electrons. The van der Waals surface area contributed by atoms with Gasteiger partial charge in [-0.3, -0.25) is 14.2 Å². The van der Waals surface area contributed by atoms with Gasteiger partial charge in [0.2, 0.25) is 5.91 Å². The second-order valence-electron chi connectivity index (χ2n) is 4.60. The van der Waals surface area contributed by atoms with E-state index >= 15 is 0 Å². The molecule has 0 spiro atoms. The summed E-state index contributed by atoms with van der Waals surface area (Å²) in [5.74, 6) is -1.59. The molecule has 0 aliphatic carbocycles. The number of nitrogens with zero attached hydrogens (tertiary/aromatic N) is 4. The molecule has 0 saturated carbocycles. The van der Waals surface area contributed by atoms with E-state index in [9.17, 15) is 9.59 Å². The number of carboxylic acid groups (broad SMARTS) is 1. The molecule has 0 aliphatic rings. The first-order valence-corrected chi connectivity index (χ1v) is 7.44. The molecule has 2 aromatic rings. The van der Waals surface area contributed by atoms with Crippen molar-refractivity contribution in [1.29, 1.82) is 0 Å². The lowest BCUT2D eigenvalue weighted by Gasteiger charge is -2.14. The van der Waals surface area contributed by atoms with Crippen LogP contribution in [0.25, 0.3) is 11.2 Å². The predicted molar refractivity (Wildman–Crippen MR) is 78.2 cm³/mol. The fourth-order valence-electron chi connectivity index (χ4n) is 2.09. The number of aryl methyl sites for hydroxylation is 2. The van der Waals surface area contributed by atoms with Crippen molar-refractivity contribution < 1.29 is 14.7 Å². The third kappa shape index (κ3) is 2.73. The van der Waals surface area contributed by atoms with E-state index in [1.165, 1.54) is 0 Å². The zero-order valence-electron chi connectivity index (χ0n) is 12.0. The maximum atomic E-state index is 11.6. The van der Waals surface area contributed by atoms with Gasteiger partial charge in [0.05, 0.1) is 11.4 Å². The Morgan fingerprint density at radius 2 is 2.14 bits per heavy atom. The normalized spacial score (nSPS) is 12.7. The lowest BCUT2D eigenvalue weighted by molar-refractivity contribution is -0.133. The number of primary amides is 1. The van der Waals surface area contributed by atoms with Gasteiger partial charge in [0.1, 0.15) is 11.6 Å². The number of amides is 1. The molecule has 1 amide bonds. The van der Waals surface area contributed by atoms with E-state index in [4.69, 9.17) is 10.8 Å². The number of nitrogens with two attached hydrogens (primary N) is 1. The van der Waals surface area contributed by atoms with Crippen LogP contribution in [0.4, 0.5) is 0 Å². The largest absolute Gasteiger partial charge is 0.481 e. The predicted octanol–water partition coefficient (Wildman–Crippen LogP) is 0.784. The van der Waals surface area contributed by atoms with E-state index in [2.05, 4.69) is 10.1 Å². The highest BCUT2D eigenvalue weighted by atomic mass is 32.2. The summed E-state index contributed by atoms with van der Waals surface area (Å²) in [6.07, 6.45) is 0. The Hall–Kier alpha value is -2.03. The van der Waals surface area contributed by atoms with Crippen LogP contribution in [0.2, 0.25) is 0 Å². The fraction of sp³-hybridized carbons (Fsp3) is 0.500. The number of aromatic nitrogens is 4. The van der Waals surface area contributed by atoms with Crippen molar-refractivity contribution in [2.24, 2.45) is 5.73 Å². The fourth-order valence-corrected chi connectivity index (χ4v) is 2.89. The summed E-state index contributed by atoms with van der Waals surface area (Å²) in [5, 5.41) is 13.6. The van der Waals surface area contributed by atoms with Crippen LogP contribution >= 0.6 is 11.8 Å². The number of imidazole rings is 1. The SMILES string of the molecule is CCn1nc(C)c2nc(SCC(=O)O)n(C(C)C(N)=O)c21. The average molecular weight is 311 g/mol. The number of rotatable bonds is 6. The Morgan fingerprint density at radius 1 is 1.48 bits per heavy atom.